The Balaban J connectivity index is 1.11. The number of nitrogens with one attached hydrogen (secondary N) is 3. The summed E-state index contributed by atoms with van der Waals surface area (Å²) < 4.78 is 46.9. The van der Waals surface area contributed by atoms with Gasteiger partial charge in [-0.05, 0) is 55.2 Å². The number of carbonyl (C=O) groups excluding carboxylic acids is 3. The molecule has 1 unspecified atom stereocenters. The number of carbonyl (C=O) groups is 3. The van der Waals surface area contributed by atoms with Gasteiger partial charge in [0.2, 0.25) is 11.8 Å². The molecule has 0 aliphatic carbocycles. The third-order valence-electron chi connectivity index (χ3n) is 8.46. The normalized spacial score (nSPS) is 18.0. The van der Waals surface area contributed by atoms with Gasteiger partial charge >= 0.3 is 6.18 Å². The number of halogens is 3. The Bertz CT molecular complexity index is 1780. The molecule has 3 heterocycles. The zero-order valence-corrected chi connectivity index (χ0v) is 25.1. The first-order valence-electron chi connectivity index (χ1n) is 15.0. The summed E-state index contributed by atoms with van der Waals surface area (Å²) in [5, 5.41) is 13.9. The number of anilines is 2. The number of fused-ring (bicyclic) bond motifs is 1. The summed E-state index contributed by atoms with van der Waals surface area (Å²) in [6, 6.07) is 15.3. The van der Waals surface area contributed by atoms with E-state index in [1.165, 1.54) is 19.2 Å². The van der Waals surface area contributed by atoms with Crippen LogP contribution >= 0.6 is 0 Å². The molecule has 46 heavy (non-hydrogen) atoms. The molecular formula is C33H33F3N6O4. The zero-order chi connectivity index (χ0) is 32.4. The molecule has 240 valence electrons. The molecule has 3 N–H and O–H groups in total. The molecular weight excluding hydrogens is 601 g/mol. The van der Waals surface area contributed by atoms with Crippen LogP contribution in [0.2, 0.25) is 0 Å². The fraction of sp³-hybridized carbons (Fsp3) is 0.333. The number of piperidine rings is 2. The van der Waals surface area contributed by atoms with Crippen LogP contribution < -0.4 is 20.7 Å². The van der Waals surface area contributed by atoms with Crippen molar-refractivity contribution in [2.45, 2.75) is 50.5 Å². The Kier molecular flexibility index (Phi) is 8.67. The maximum absolute atomic E-state index is 13.2. The summed E-state index contributed by atoms with van der Waals surface area (Å²) in [5.41, 5.74) is 1.93. The number of amides is 3. The zero-order valence-electron chi connectivity index (χ0n) is 25.1. The second-order valence-electron chi connectivity index (χ2n) is 11.6. The molecule has 0 saturated carbocycles. The van der Waals surface area contributed by atoms with Crippen LogP contribution in [0.25, 0.3) is 10.9 Å². The number of methoxy groups -OCH3 is 1. The maximum Gasteiger partial charge on any atom is 0.416 e. The van der Waals surface area contributed by atoms with Crippen molar-refractivity contribution in [2.24, 2.45) is 0 Å². The highest BCUT2D eigenvalue weighted by atomic mass is 19.4. The number of benzene rings is 3. The van der Waals surface area contributed by atoms with Crippen LogP contribution in [0, 0.1) is 0 Å². The summed E-state index contributed by atoms with van der Waals surface area (Å²) in [4.78, 5) is 39.0. The van der Waals surface area contributed by atoms with E-state index in [2.05, 4.69) is 20.9 Å². The lowest BCUT2D eigenvalue weighted by Crippen LogP contribution is -2.47. The van der Waals surface area contributed by atoms with Gasteiger partial charge in [0.25, 0.3) is 5.91 Å². The van der Waals surface area contributed by atoms with Gasteiger partial charge in [0.05, 0.1) is 29.9 Å². The Labute approximate surface area is 262 Å². The molecule has 2 aliphatic rings. The van der Waals surface area contributed by atoms with E-state index in [-0.39, 0.29) is 23.4 Å². The van der Waals surface area contributed by atoms with E-state index in [4.69, 9.17) is 9.84 Å². The average molecular weight is 635 g/mol. The third kappa shape index (κ3) is 6.84. The van der Waals surface area contributed by atoms with Crippen LogP contribution in [0.15, 0.2) is 66.9 Å². The molecule has 1 atom stereocenters. The molecule has 3 amide bonds. The van der Waals surface area contributed by atoms with Crippen LogP contribution in [0.3, 0.4) is 0 Å². The predicted octanol–water partition coefficient (Wildman–Crippen LogP) is 5.37. The SMILES string of the molecule is COc1cc2nn(C3CCN(Cc4ccccc4NC4CCC(=O)NC4=O)CC3)cc2cc1NC(=O)c1cccc(C(F)(F)F)c1. The summed E-state index contributed by atoms with van der Waals surface area (Å²) in [5.74, 6) is -0.888. The van der Waals surface area contributed by atoms with Crippen molar-refractivity contribution in [3.8, 4) is 5.75 Å². The second kappa shape index (κ2) is 12.8. The minimum atomic E-state index is -4.56. The van der Waals surface area contributed by atoms with Crippen molar-refractivity contribution in [2.75, 3.05) is 30.8 Å². The molecule has 0 bridgehead atoms. The quantitative estimate of drug-likeness (QED) is 0.223. The lowest BCUT2D eigenvalue weighted by molar-refractivity contribution is -0.137. The number of rotatable bonds is 8. The van der Waals surface area contributed by atoms with Crippen molar-refractivity contribution in [3.05, 3.63) is 83.6 Å². The lowest BCUT2D eigenvalue weighted by atomic mass is 10.0. The van der Waals surface area contributed by atoms with E-state index in [0.29, 0.717) is 36.3 Å². The van der Waals surface area contributed by atoms with Crippen molar-refractivity contribution < 1.29 is 32.3 Å². The van der Waals surface area contributed by atoms with E-state index < -0.39 is 23.7 Å². The van der Waals surface area contributed by atoms with Gasteiger partial charge in [-0.15, -0.1) is 0 Å². The monoisotopic (exact) mass is 634 g/mol. The molecule has 2 saturated heterocycles. The van der Waals surface area contributed by atoms with Crippen LogP contribution in [-0.4, -0.2) is 58.6 Å². The van der Waals surface area contributed by atoms with E-state index in [1.54, 1.807) is 12.1 Å². The fourth-order valence-electron chi connectivity index (χ4n) is 5.96. The van der Waals surface area contributed by atoms with E-state index >= 15 is 0 Å². The van der Waals surface area contributed by atoms with Crippen molar-refractivity contribution >= 4 is 40.0 Å². The number of ether oxygens (including phenoxy) is 1. The number of aromatic nitrogens is 2. The Morgan fingerprint density at radius 1 is 1.02 bits per heavy atom. The second-order valence-corrected chi connectivity index (χ2v) is 11.6. The minimum Gasteiger partial charge on any atom is -0.494 e. The average Bonchev–Trinajstić information content (AvgIpc) is 3.45. The maximum atomic E-state index is 13.2. The first-order valence-corrected chi connectivity index (χ1v) is 15.0. The topological polar surface area (TPSA) is 118 Å². The molecule has 0 radical (unpaired) electrons. The number of imide groups is 1. The van der Waals surface area contributed by atoms with E-state index in [1.807, 2.05) is 35.1 Å². The van der Waals surface area contributed by atoms with E-state index in [0.717, 1.165) is 54.7 Å². The van der Waals surface area contributed by atoms with Gasteiger partial charge < -0.3 is 15.4 Å². The van der Waals surface area contributed by atoms with Gasteiger partial charge in [0, 0.05) is 55.0 Å². The van der Waals surface area contributed by atoms with Crippen LogP contribution in [0.1, 0.15) is 53.2 Å². The highest BCUT2D eigenvalue weighted by Gasteiger charge is 2.31. The van der Waals surface area contributed by atoms with Crippen LogP contribution in [0.5, 0.6) is 5.75 Å². The first kappa shape index (κ1) is 31.1. The minimum absolute atomic E-state index is 0.117. The predicted molar refractivity (Wildman–Crippen MR) is 165 cm³/mol. The highest BCUT2D eigenvalue weighted by Crippen LogP contribution is 2.34. The number of hydrogen-bond donors (Lipinski definition) is 3. The molecule has 4 aromatic rings. The number of likely N-dealkylation sites (tertiary alicyclic amines) is 1. The van der Waals surface area contributed by atoms with Gasteiger partial charge in [0.1, 0.15) is 11.8 Å². The van der Waals surface area contributed by atoms with E-state index in [9.17, 15) is 27.6 Å². The fourth-order valence-corrected chi connectivity index (χ4v) is 5.96. The summed E-state index contributed by atoms with van der Waals surface area (Å²) in [6.07, 6.45) is -0.173. The van der Waals surface area contributed by atoms with Gasteiger partial charge in [-0.2, -0.15) is 18.3 Å². The number of hydrogen-bond acceptors (Lipinski definition) is 7. The molecule has 6 rings (SSSR count). The van der Waals surface area contributed by atoms with Crippen molar-refractivity contribution in [3.63, 3.8) is 0 Å². The van der Waals surface area contributed by atoms with Crippen molar-refractivity contribution in [1.82, 2.24) is 20.0 Å². The number of alkyl halides is 3. The molecule has 2 aliphatic heterocycles. The Morgan fingerprint density at radius 2 is 1.80 bits per heavy atom. The molecule has 10 nitrogen and oxygen atoms in total. The Morgan fingerprint density at radius 3 is 2.54 bits per heavy atom. The molecule has 1 aromatic heterocycles. The smallest absolute Gasteiger partial charge is 0.416 e. The van der Waals surface area contributed by atoms with Gasteiger partial charge in [0.15, 0.2) is 0 Å². The summed E-state index contributed by atoms with van der Waals surface area (Å²) in [6.45, 7) is 2.36. The lowest BCUT2D eigenvalue weighted by Gasteiger charge is -2.33. The summed E-state index contributed by atoms with van der Waals surface area (Å²) in [7, 11) is 1.45. The molecule has 2 fully saturated rings. The Hall–Kier alpha value is -4.91. The molecule has 13 heteroatoms. The van der Waals surface area contributed by atoms with Crippen LogP contribution in [-0.2, 0) is 22.3 Å². The van der Waals surface area contributed by atoms with Gasteiger partial charge in [-0.25, -0.2) is 0 Å². The number of nitrogens with zero attached hydrogens (tertiary/aromatic N) is 3. The molecule has 3 aromatic carbocycles. The number of para-hydroxylation sites is 1. The van der Waals surface area contributed by atoms with Gasteiger partial charge in [-0.1, -0.05) is 24.3 Å². The van der Waals surface area contributed by atoms with Crippen LogP contribution in [0.4, 0.5) is 24.5 Å². The molecule has 0 spiro atoms. The summed E-state index contributed by atoms with van der Waals surface area (Å²) >= 11 is 0. The third-order valence-corrected chi connectivity index (χ3v) is 8.46. The standard InChI is InChI=1S/C33H33F3N6O4/c1-46-29-17-27-22(16-28(29)38-31(44)20-6-4-7-23(15-20)33(34,35)36)19-42(40-27)24-11-13-41(14-12-24)18-21-5-2-3-8-25(21)37-26-9-10-30(43)39-32(26)45/h2-8,15-17,19,24,26,37H,9-14,18H2,1H3,(H,38,44)(H,39,43,45). The highest BCUT2D eigenvalue weighted by molar-refractivity contribution is 6.06. The first-order chi connectivity index (χ1) is 22.1. The van der Waals surface area contributed by atoms with Crippen molar-refractivity contribution in [1.29, 1.82) is 0 Å². The largest absolute Gasteiger partial charge is 0.494 e. The van der Waals surface area contributed by atoms with Gasteiger partial charge in [-0.3, -0.25) is 29.3 Å².